The summed E-state index contributed by atoms with van der Waals surface area (Å²) in [5.74, 6) is -0.395. The lowest BCUT2D eigenvalue weighted by molar-refractivity contribution is -0.139. The van der Waals surface area contributed by atoms with Gasteiger partial charge in [-0.25, -0.2) is 4.79 Å². The van der Waals surface area contributed by atoms with E-state index < -0.39 is 5.97 Å². The van der Waals surface area contributed by atoms with Gasteiger partial charge in [0.15, 0.2) is 0 Å². The van der Waals surface area contributed by atoms with E-state index in [1.807, 2.05) is 0 Å². The van der Waals surface area contributed by atoms with Crippen LogP contribution in [0.15, 0.2) is 24.3 Å². The van der Waals surface area contributed by atoms with E-state index in [9.17, 15) is 9.59 Å². The van der Waals surface area contributed by atoms with Gasteiger partial charge in [-0.3, -0.25) is 4.79 Å². The maximum absolute atomic E-state index is 10.6. The molecule has 0 aliphatic carbocycles. The first kappa shape index (κ1) is 16.0. The number of carbonyl (C=O) groups is 1. The first-order valence-corrected chi connectivity index (χ1v) is 4.52. The Morgan fingerprint density at radius 2 is 2.20 bits per heavy atom. The van der Waals surface area contributed by atoms with Gasteiger partial charge in [0.2, 0.25) is 6.29 Å². The largest absolute Gasteiger partial charge is 0.462 e. The summed E-state index contributed by atoms with van der Waals surface area (Å²) in [6, 6.07) is 0. The highest BCUT2D eigenvalue weighted by Gasteiger charge is 2.00. The summed E-state index contributed by atoms with van der Waals surface area (Å²) in [5, 5.41) is 8.30. The molecule has 0 saturated heterocycles. The molecule has 0 heterocycles. The second-order valence-electron chi connectivity index (χ2n) is 2.61. The fourth-order valence-corrected chi connectivity index (χ4v) is 0.421. The van der Waals surface area contributed by atoms with Gasteiger partial charge in [0.05, 0.1) is 6.61 Å². The van der Waals surface area contributed by atoms with Gasteiger partial charge in [-0.05, 0) is 19.9 Å². The summed E-state index contributed by atoms with van der Waals surface area (Å²) in [4.78, 5) is 19.8. The minimum Gasteiger partial charge on any atom is -0.462 e. The Hall–Kier alpha value is -1.42. The molecule has 15 heavy (non-hydrogen) atoms. The second-order valence-corrected chi connectivity index (χ2v) is 2.61. The zero-order valence-corrected chi connectivity index (χ0v) is 9.16. The van der Waals surface area contributed by atoms with Crippen molar-refractivity contribution in [2.75, 3.05) is 13.2 Å². The lowest BCUT2D eigenvalue weighted by Gasteiger charge is -2.00. The molecular weight excluding hydrogens is 196 g/mol. The quantitative estimate of drug-likeness (QED) is 0.423. The van der Waals surface area contributed by atoms with E-state index >= 15 is 0 Å². The average Bonchev–Trinajstić information content (AvgIpc) is 2.20. The van der Waals surface area contributed by atoms with Crippen molar-refractivity contribution in [3.63, 3.8) is 0 Å². The second kappa shape index (κ2) is 12.6. The third kappa shape index (κ3) is 15.3. The van der Waals surface area contributed by atoms with Crippen molar-refractivity contribution in [1.82, 2.24) is 0 Å². The Kier molecular flexibility index (Phi) is 13.4. The van der Waals surface area contributed by atoms with Crippen LogP contribution in [0.25, 0.3) is 0 Å². The molecule has 0 atom stereocenters. The molecule has 0 rings (SSSR count). The van der Waals surface area contributed by atoms with Crippen LogP contribution in [-0.2, 0) is 14.3 Å². The van der Waals surface area contributed by atoms with Crippen LogP contribution in [0, 0.1) is 0 Å². The fraction of sp³-hybridized carbons (Fsp3) is 0.455. The Morgan fingerprint density at radius 3 is 2.47 bits per heavy atom. The van der Waals surface area contributed by atoms with Crippen LogP contribution in [-0.4, -0.2) is 30.6 Å². The van der Waals surface area contributed by atoms with Crippen LogP contribution in [0.4, 0.5) is 0 Å². The van der Waals surface area contributed by atoms with E-state index in [1.54, 1.807) is 26.2 Å². The molecule has 0 aliphatic heterocycles. The monoisotopic (exact) mass is 213 g/mol. The molecule has 1 N–H and O–H groups in total. The van der Waals surface area contributed by atoms with Crippen molar-refractivity contribution in [2.45, 2.75) is 20.3 Å². The number of esters is 1. The topological polar surface area (TPSA) is 63.6 Å². The molecule has 0 spiro atoms. The molecule has 1 radical (unpaired) electrons. The Bertz CT molecular complexity index is 219. The average molecular weight is 213 g/mol. The number of carbonyl (C=O) groups excluding carboxylic acids is 2. The van der Waals surface area contributed by atoms with Gasteiger partial charge in [-0.2, -0.15) is 0 Å². The summed E-state index contributed by atoms with van der Waals surface area (Å²) in [6.45, 7) is 7.06. The molecule has 0 aliphatic rings. The summed E-state index contributed by atoms with van der Waals surface area (Å²) in [6.07, 6.45) is 5.02. The Morgan fingerprint density at radius 1 is 1.60 bits per heavy atom. The van der Waals surface area contributed by atoms with Crippen LogP contribution < -0.4 is 0 Å². The number of aliphatic hydroxyl groups is 1. The number of allylic oxidation sites excluding steroid dienone is 2. The van der Waals surface area contributed by atoms with Gasteiger partial charge >= 0.3 is 5.97 Å². The van der Waals surface area contributed by atoms with E-state index in [1.165, 1.54) is 6.08 Å². The van der Waals surface area contributed by atoms with E-state index in [-0.39, 0.29) is 13.2 Å². The normalized spacial score (nSPS) is 9.00. The van der Waals surface area contributed by atoms with E-state index in [2.05, 4.69) is 11.3 Å². The van der Waals surface area contributed by atoms with Gasteiger partial charge in [-0.15, -0.1) is 0 Å². The van der Waals surface area contributed by atoms with Crippen LogP contribution in [0.2, 0.25) is 0 Å². The lowest BCUT2D eigenvalue weighted by Crippen LogP contribution is -2.06. The smallest absolute Gasteiger partial charge is 0.333 e. The van der Waals surface area contributed by atoms with E-state index in [4.69, 9.17) is 5.11 Å². The van der Waals surface area contributed by atoms with Crippen LogP contribution in [0.1, 0.15) is 20.3 Å². The molecule has 0 aromatic rings. The lowest BCUT2D eigenvalue weighted by atomic mass is 10.4. The van der Waals surface area contributed by atoms with Crippen molar-refractivity contribution in [3.05, 3.63) is 24.3 Å². The predicted octanol–water partition coefficient (Wildman–Crippen LogP) is 1.16. The molecule has 0 amide bonds. The summed E-state index contributed by atoms with van der Waals surface area (Å²) < 4.78 is 4.65. The molecule has 0 fully saturated rings. The van der Waals surface area contributed by atoms with Crippen molar-refractivity contribution >= 4 is 12.3 Å². The number of ether oxygens (including phenoxy) is 1. The molecule has 0 aromatic carbocycles. The predicted molar refractivity (Wildman–Crippen MR) is 58.0 cm³/mol. The van der Waals surface area contributed by atoms with Gasteiger partial charge in [0, 0.05) is 18.6 Å². The zero-order chi connectivity index (χ0) is 12.1. The zero-order valence-electron chi connectivity index (χ0n) is 9.16. The molecule has 4 nitrogen and oxygen atoms in total. The minimum absolute atomic E-state index is 0.0451. The first-order chi connectivity index (χ1) is 7.09. The van der Waals surface area contributed by atoms with Crippen molar-refractivity contribution in [1.29, 1.82) is 0 Å². The van der Waals surface area contributed by atoms with E-state index in [0.29, 0.717) is 12.0 Å². The van der Waals surface area contributed by atoms with Crippen molar-refractivity contribution in [3.8, 4) is 0 Å². The molecule has 0 aromatic heterocycles. The minimum atomic E-state index is -0.395. The van der Waals surface area contributed by atoms with Crippen LogP contribution >= 0.6 is 0 Å². The number of hydrogen-bond donors (Lipinski definition) is 1. The molecule has 0 saturated carbocycles. The van der Waals surface area contributed by atoms with Gasteiger partial charge in [0.25, 0.3) is 0 Å². The standard InChI is InChI=1S/C7H12O3.C4H5O/c1-6(2)7(9)10-5-3-4-8;1-2-3-4-5/h8H,1,3-5H2,2H3;2-3H,1H3. The van der Waals surface area contributed by atoms with Crippen molar-refractivity contribution < 1.29 is 19.4 Å². The summed E-state index contributed by atoms with van der Waals surface area (Å²) in [5.41, 5.74) is 0.387. The number of hydrogen-bond acceptors (Lipinski definition) is 4. The summed E-state index contributed by atoms with van der Waals surface area (Å²) in [7, 11) is 0. The molecular formula is C11H17O4. The molecule has 0 unspecified atom stereocenters. The van der Waals surface area contributed by atoms with Gasteiger partial charge in [0.1, 0.15) is 0 Å². The molecule has 85 valence electrons. The number of rotatable bonds is 5. The van der Waals surface area contributed by atoms with Gasteiger partial charge < -0.3 is 9.84 Å². The van der Waals surface area contributed by atoms with Crippen LogP contribution in [0.5, 0.6) is 0 Å². The number of aliphatic hydroxyl groups excluding tert-OH is 1. The highest BCUT2D eigenvalue weighted by atomic mass is 16.5. The maximum Gasteiger partial charge on any atom is 0.333 e. The third-order valence-corrected chi connectivity index (χ3v) is 1.12. The summed E-state index contributed by atoms with van der Waals surface area (Å²) >= 11 is 0. The molecule has 0 bridgehead atoms. The maximum atomic E-state index is 10.6. The third-order valence-electron chi connectivity index (χ3n) is 1.12. The Labute approximate surface area is 90.2 Å². The van der Waals surface area contributed by atoms with Gasteiger partial charge in [-0.1, -0.05) is 12.7 Å². The Balaban J connectivity index is 0. The first-order valence-electron chi connectivity index (χ1n) is 4.52. The highest BCUT2D eigenvalue weighted by Crippen LogP contribution is 1.92. The van der Waals surface area contributed by atoms with Crippen LogP contribution in [0.3, 0.4) is 0 Å². The fourth-order valence-electron chi connectivity index (χ4n) is 0.421. The highest BCUT2D eigenvalue weighted by molar-refractivity contribution is 5.86. The van der Waals surface area contributed by atoms with Crippen molar-refractivity contribution in [2.24, 2.45) is 0 Å². The SMILES string of the molecule is C=C(C)C(=O)OCCCO.CC=C[C]=O. The van der Waals surface area contributed by atoms with E-state index in [0.717, 1.165) is 0 Å². The molecule has 4 heteroatoms.